The van der Waals surface area contributed by atoms with Crippen molar-refractivity contribution < 1.29 is 19.7 Å². The first-order valence-electron chi connectivity index (χ1n) is 5.89. The molecule has 1 rings (SSSR count). The number of hydrogen-bond donors (Lipinski definition) is 2. The molecule has 0 spiro atoms. The Labute approximate surface area is 113 Å². The van der Waals surface area contributed by atoms with Gasteiger partial charge in [-0.25, -0.2) is 0 Å². The molecule has 5 heteroatoms. The van der Waals surface area contributed by atoms with Crippen LogP contribution in [-0.2, 0) is 4.74 Å². The molecule has 1 aromatic carbocycles. The third kappa shape index (κ3) is 9.24. The summed E-state index contributed by atoms with van der Waals surface area (Å²) < 4.78 is 9.98. The lowest BCUT2D eigenvalue weighted by molar-refractivity contribution is 0.0536. The molecule has 104 valence electrons. The van der Waals surface area contributed by atoms with Gasteiger partial charge in [-0.05, 0) is 38.1 Å². The van der Waals surface area contributed by atoms with Crippen LogP contribution in [0.2, 0.25) is 5.02 Å². The molecule has 0 aromatic heterocycles. The Balaban J connectivity index is 0.000000494. The Morgan fingerprint density at radius 2 is 1.72 bits per heavy atom. The van der Waals surface area contributed by atoms with E-state index in [0.717, 1.165) is 13.2 Å². The minimum absolute atomic E-state index is 0.0815. The van der Waals surface area contributed by atoms with E-state index >= 15 is 0 Å². The van der Waals surface area contributed by atoms with E-state index in [1.165, 1.54) is 0 Å². The first-order valence-corrected chi connectivity index (χ1v) is 6.26. The highest BCUT2D eigenvalue weighted by molar-refractivity contribution is 6.30. The predicted molar refractivity (Wildman–Crippen MR) is 72.2 cm³/mol. The zero-order valence-corrected chi connectivity index (χ0v) is 11.6. The fourth-order valence-corrected chi connectivity index (χ4v) is 1.11. The second-order valence-electron chi connectivity index (χ2n) is 3.38. The van der Waals surface area contributed by atoms with Gasteiger partial charge in [0.25, 0.3) is 0 Å². The van der Waals surface area contributed by atoms with Gasteiger partial charge in [0.15, 0.2) is 0 Å². The molecule has 2 N–H and O–H groups in total. The van der Waals surface area contributed by atoms with Gasteiger partial charge in [-0.1, -0.05) is 11.6 Å². The molecule has 1 atom stereocenters. The molecule has 1 aromatic rings. The molecule has 18 heavy (non-hydrogen) atoms. The monoisotopic (exact) mass is 276 g/mol. The third-order valence-electron chi connectivity index (χ3n) is 1.88. The molecule has 4 nitrogen and oxygen atoms in total. The van der Waals surface area contributed by atoms with Gasteiger partial charge in [0.2, 0.25) is 0 Å². The first kappa shape index (κ1) is 17.2. The number of ether oxygens (including phenoxy) is 2. The lowest BCUT2D eigenvalue weighted by atomic mass is 10.3. The van der Waals surface area contributed by atoms with E-state index in [2.05, 4.69) is 0 Å². The fraction of sp³-hybridized carbons (Fsp3) is 0.538. The van der Waals surface area contributed by atoms with Crippen molar-refractivity contribution in [3.05, 3.63) is 29.3 Å². The van der Waals surface area contributed by atoms with Crippen molar-refractivity contribution >= 4 is 11.6 Å². The van der Waals surface area contributed by atoms with E-state index < -0.39 is 6.10 Å². The molecule has 0 bridgehead atoms. The van der Waals surface area contributed by atoms with E-state index in [4.69, 9.17) is 31.3 Å². The summed E-state index contributed by atoms with van der Waals surface area (Å²) in [5.74, 6) is 0.622. The summed E-state index contributed by atoms with van der Waals surface area (Å²) in [5, 5.41) is 18.1. The summed E-state index contributed by atoms with van der Waals surface area (Å²) in [5.41, 5.74) is 0. The van der Waals surface area contributed by atoms with Gasteiger partial charge in [0.05, 0.1) is 6.61 Å². The Kier molecular flexibility index (Phi) is 10.8. The van der Waals surface area contributed by atoms with Gasteiger partial charge in [-0.15, -0.1) is 0 Å². The van der Waals surface area contributed by atoms with E-state index in [9.17, 15) is 0 Å². The SMILES string of the molecule is CCOCC.OCC(O)COc1ccc(Cl)cc1. The van der Waals surface area contributed by atoms with Crippen molar-refractivity contribution in [1.29, 1.82) is 0 Å². The van der Waals surface area contributed by atoms with E-state index in [1.54, 1.807) is 24.3 Å². The van der Waals surface area contributed by atoms with Crippen LogP contribution in [0.4, 0.5) is 0 Å². The van der Waals surface area contributed by atoms with Crippen molar-refractivity contribution in [1.82, 2.24) is 0 Å². The standard InChI is InChI=1S/C9H11ClO3.C4H10O/c10-7-1-3-9(4-2-7)13-6-8(12)5-11;1-3-5-4-2/h1-4,8,11-12H,5-6H2;3-4H2,1-2H3. The molecule has 0 radical (unpaired) electrons. The average Bonchev–Trinajstić information content (AvgIpc) is 2.39. The van der Waals surface area contributed by atoms with Crippen LogP contribution in [0.1, 0.15) is 13.8 Å². The number of aliphatic hydroxyl groups excluding tert-OH is 2. The van der Waals surface area contributed by atoms with Gasteiger partial charge in [-0.3, -0.25) is 0 Å². The lowest BCUT2D eigenvalue weighted by Gasteiger charge is -2.09. The molecule has 0 aliphatic carbocycles. The van der Waals surface area contributed by atoms with E-state index in [-0.39, 0.29) is 13.2 Å². The first-order chi connectivity index (χ1) is 8.63. The number of benzene rings is 1. The van der Waals surface area contributed by atoms with Crippen LogP contribution in [0.25, 0.3) is 0 Å². The second kappa shape index (κ2) is 11.3. The summed E-state index contributed by atoms with van der Waals surface area (Å²) in [7, 11) is 0. The van der Waals surface area contributed by atoms with Crippen molar-refractivity contribution in [2.75, 3.05) is 26.4 Å². The van der Waals surface area contributed by atoms with Gasteiger partial charge in [-0.2, -0.15) is 0 Å². The van der Waals surface area contributed by atoms with Crippen molar-refractivity contribution in [2.45, 2.75) is 20.0 Å². The number of halogens is 1. The van der Waals surface area contributed by atoms with Crippen molar-refractivity contribution in [3.8, 4) is 5.75 Å². The van der Waals surface area contributed by atoms with Crippen LogP contribution in [0.3, 0.4) is 0 Å². The third-order valence-corrected chi connectivity index (χ3v) is 2.13. The zero-order chi connectivity index (χ0) is 13.8. The van der Waals surface area contributed by atoms with Crippen LogP contribution in [0.5, 0.6) is 5.75 Å². The summed E-state index contributed by atoms with van der Waals surface area (Å²) in [6, 6.07) is 6.79. The molecular formula is C13H21ClO4. The number of aliphatic hydroxyl groups is 2. The van der Waals surface area contributed by atoms with Crippen LogP contribution in [-0.4, -0.2) is 42.7 Å². The van der Waals surface area contributed by atoms with Gasteiger partial charge < -0.3 is 19.7 Å². The van der Waals surface area contributed by atoms with Crippen molar-refractivity contribution in [3.63, 3.8) is 0 Å². The maximum Gasteiger partial charge on any atom is 0.119 e. The summed E-state index contributed by atoms with van der Waals surface area (Å²) >= 11 is 5.66. The molecule has 0 amide bonds. The second-order valence-corrected chi connectivity index (χ2v) is 3.82. The maximum atomic E-state index is 8.97. The van der Waals surface area contributed by atoms with Gasteiger partial charge in [0.1, 0.15) is 18.5 Å². The molecule has 0 fully saturated rings. The summed E-state index contributed by atoms with van der Waals surface area (Å²) in [6.45, 7) is 5.45. The Morgan fingerprint density at radius 3 is 2.11 bits per heavy atom. The fourth-order valence-electron chi connectivity index (χ4n) is 0.980. The Hall–Kier alpha value is -0.810. The smallest absolute Gasteiger partial charge is 0.119 e. The van der Waals surface area contributed by atoms with Crippen LogP contribution >= 0.6 is 11.6 Å². The summed E-state index contributed by atoms with van der Waals surface area (Å²) in [4.78, 5) is 0. The number of hydrogen-bond acceptors (Lipinski definition) is 4. The Morgan fingerprint density at radius 1 is 1.17 bits per heavy atom. The topological polar surface area (TPSA) is 58.9 Å². The normalized spacial score (nSPS) is 11.4. The molecular weight excluding hydrogens is 256 g/mol. The average molecular weight is 277 g/mol. The quantitative estimate of drug-likeness (QED) is 0.836. The largest absolute Gasteiger partial charge is 0.491 e. The lowest BCUT2D eigenvalue weighted by Crippen LogP contribution is -2.21. The molecule has 0 aliphatic heterocycles. The van der Waals surface area contributed by atoms with Gasteiger partial charge >= 0.3 is 0 Å². The minimum Gasteiger partial charge on any atom is -0.491 e. The summed E-state index contributed by atoms with van der Waals surface area (Å²) in [6.07, 6.45) is -0.837. The van der Waals surface area contributed by atoms with E-state index in [0.29, 0.717) is 10.8 Å². The van der Waals surface area contributed by atoms with Gasteiger partial charge in [0, 0.05) is 18.2 Å². The number of rotatable bonds is 6. The Bertz CT molecular complexity index is 288. The van der Waals surface area contributed by atoms with Crippen LogP contribution in [0, 0.1) is 0 Å². The highest BCUT2D eigenvalue weighted by Crippen LogP contribution is 2.15. The van der Waals surface area contributed by atoms with Crippen molar-refractivity contribution in [2.24, 2.45) is 0 Å². The molecule has 0 heterocycles. The molecule has 0 saturated carbocycles. The molecule has 1 unspecified atom stereocenters. The highest BCUT2D eigenvalue weighted by atomic mass is 35.5. The van der Waals surface area contributed by atoms with E-state index in [1.807, 2.05) is 13.8 Å². The minimum atomic E-state index is -0.837. The predicted octanol–water partition coefficient (Wildman–Crippen LogP) is 2.11. The van der Waals surface area contributed by atoms with Crippen LogP contribution in [0.15, 0.2) is 24.3 Å². The molecule has 0 aliphatic rings. The highest BCUT2D eigenvalue weighted by Gasteiger charge is 2.02. The molecule has 0 saturated heterocycles. The maximum absolute atomic E-state index is 8.97. The zero-order valence-electron chi connectivity index (χ0n) is 10.8. The van der Waals surface area contributed by atoms with Crippen LogP contribution < -0.4 is 4.74 Å².